The first-order valence-electron chi connectivity index (χ1n) is 8.92. The number of hydrogen-bond donors (Lipinski definition) is 4. The maximum atomic E-state index is 12.1. The smallest absolute Gasteiger partial charge is 0.300 e. The van der Waals surface area contributed by atoms with E-state index in [9.17, 15) is 4.79 Å². The molecule has 0 unspecified atom stereocenters. The van der Waals surface area contributed by atoms with Crippen LogP contribution in [0.1, 0.15) is 35.9 Å². The van der Waals surface area contributed by atoms with Crippen LogP contribution in [0, 0.1) is 0 Å². The van der Waals surface area contributed by atoms with Crippen LogP contribution in [0.25, 0.3) is 0 Å². The number of benzene rings is 1. The lowest BCUT2D eigenvalue weighted by atomic mass is 10.1. The number of carboxylic acid groups (broad SMARTS) is 1. The quantitative estimate of drug-likeness (QED) is 0.576. The summed E-state index contributed by atoms with van der Waals surface area (Å²) >= 11 is 0. The summed E-state index contributed by atoms with van der Waals surface area (Å²) in [5.74, 6) is -0.0675. The number of nitrogens with one attached hydrogen (secondary N) is 2. The molecule has 0 atom stereocenters. The van der Waals surface area contributed by atoms with E-state index in [2.05, 4.69) is 15.5 Å². The predicted molar refractivity (Wildman–Crippen MR) is 100 cm³/mol. The molecule has 5 N–H and O–H groups in total. The minimum Gasteiger partial charge on any atom is -0.492 e. The van der Waals surface area contributed by atoms with Crippen LogP contribution >= 0.6 is 0 Å². The number of nitrogens with zero attached hydrogens (tertiary/aromatic N) is 1. The van der Waals surface area contributed by atoms with Gasteiger partial charge in [0.25, 0.3) is 5.97 Å². The first-order valence-corrected chi connectivity index (χ1v) is 8.92. The van der Waals surface area contributed by atoms with E-state index in [0.717, 1.165) is 36.8 Å². The molecule has 1 heterocycles. The molecule has 1 aromatic heterocycles. The van der Waals surface area contributed by atoms with Crippen molar-refractivity contribution in [1.29, 1.82) is 0 Å². The molecule has 27 heavy (non-hydrogen) atoms. The van der Waals surface area contributed by atoms with Gasteiger partial charge in [-0.25, -0.2) is 0 Å². The Hall–Kier alpha value is -2.87. The van der Waals surface area contributed by atoms with Crippen molar-refractivity contribution in [2.75, 3.05) is 13.2 Å². The van der Waals surface area contributed by atoms with Crippen LogP contribution in [0.4, 0.5) is 0 Å². The molecular weight excluding hydrogens is 348 g/mol. The summed E-state index contributed by atoms with van der Waals surface area (Å²) in [6.07, 6.45) is 3.64. The van der Waals surface area contributed by atoms with E-state index in [1.165, 1.54) is 17.7 Å². The number of amides is 1. The Bertz CT molecular complexity index is 752. The summed E-state index contributed by atoms with van der Waals surface area (Å²) in [5, 5.41) is 17.7. The normalized spacial score (nSPS) is 11.9. The van der Waals surface area contributed by atoms with Gasteiger partial charge in [-0.15, -0.1) is 0 Å². The van der Waals surface area contributed by atoms with Gasteiger partial charge >= 0.3 is 0 Å². The molecule has 0 radical (unpaired) electrons. The van der Waals surface area contributed by atoms with Gasteiger partial charge in [0.05, 0.1) is 18.7 Å². The van der Waals surface area contributed by atoms with E-state index in [-0.39, 0.29) is 5.91 Å². The van der Waals surface area contributed by atoms with Crippen LogP contribution < -0.4 is 15.8 Å². The molecule has 0 saturated carbocycles. The molecule has 8 heteroatoms. The first kappa shape index (κ1) is 20.4. The van der Waals surface area contributed by atoms with Crippen LogP contribution in [-0.4, -0.2) is 40.3 Å². The molecular formula is C19H26N4O4. The third kappa shape index (κ3) is 6.74. The topological polar surface area (TPSA) is 130 Å². The highest BCUT2D eigenvalue weighted by Gasteiger charge is 2.18. The number of ether oxygens (including phenoxy) is 1. The lowest BCUT2D eigenvalue weighted by molar-refractivity contribution is -0.134. The van der Waals surface area contributed by atoms with Crippen LogP contribution in [0.5, 0.6) is 5.75 Å². The molecule has 8 nitrogen and oxygen atoms in total. The standard InChI is InChI=1S/C17H22N4O2.C2H4O2/c18-8-9-23-13-6-4-12(5-7-13)10-17(22)19-11-16-14-2-1-3-15(14)20-21-16;1-2(3)4/h4-7H,1-3,8-11,18H2,(H,19,22)(H,20,21);1H3,(H,3,4). The zero-order valence-corrected chi connectivity index (χ0v) is 15.5. The van der Waals surface area contributed by atoms with E-state index in [4.69, 9.17) is 20.4 Å². The highest BCUT2D eigenvalue weighted by molar-refractivity contribution is 5.78. The molecule has 0 aliphatic heterocycles. The number of fused-ring (bicyclic) bond motifs is 1. The largest absolute Gasteiger partial charge is 0.492 e. The number of nitrogens with two attached hydrogens (primary N) is 1. The third-order valence-corrected chi connectivity index (χ3v) is 4.02. The second kappa shape index (κ2) is 10.3. The molecule has 1 aliphatic rings. The number of aromatic nitrogens is 2. The van der Waals surface area contributed by atoms with Crippen molar-refractivity contribution in [3.8, 4) is 5.75 Å². The summed E-state index contributed by atoms with van der Waals surface area (Å²) in [6, 6.07) is 7.52. The van der Waals surface area contributed by atoms with Gasteiger partial charge in [0, 0.05) is 19.2 Å². The number of aryl methyl sites for hydroxylation is 1. The lowest BCUT2D eigenvalue weighted by Crippen LogP contribution is -2.25. The molecule has 1 aromatic carbocycles. The fraction of sp³-hybridized carbons (Fsp3) is 0.421. The van der Waals surface area contributed by atoms with E-state index in [1.807, 2.05) is 24.3 Å². The van der Waals surface area contributed by atoms with Gasteiger partial charge in [-0.2, -0.15) is 5.10 Å². The summed E-state index contributed by atoms with van der Waals surface area (Å²) < 4.78 is 5.42. The fourth-order valence-corrected chi connectivity index (χ4v) is 2.84. The van der Waals surface area contributed by atoms with Crippen molar-refractivity contribution in [3.63, 3.8) is 0 Å². The number of carbonyl (C=O) groups excluding carboxylic acids is 1. The number of rotatable bonds is 7. The van der Waals surface area contributed by atoms with Crippen LogP contribution in [0.2, 0.25) is 0 Å². The maximum absolute atomic E-state index is 12.1. The minimum absolute atomic E-state index is 0.00428. The molecule has 3 rings (SSSR count). The molecule has 1 amide bonds. The SMILES string of the molecule is CC(=O)O.NCCOc1ccc(CC(=O)NCc2n[nH]c3c2CCC3)cc1. The summed E-state index contributed by atoms with van der Waals surface area (Å²) in [7, 11) is 0. The number of hydrogen-bond acceptors (Lipinski definition) is 5. The van der Waals surface area contributed by atoms with Crippen molar-refractivity contribution < 1.29 is 19.4 Å². The van der Waals surface area contributed by atoms with Crippen molar-refractivity contribution in [3.05, 3.63) is 46.8 Å². The Morgan fingerprint density at radius 2 is 2.00 bits per heavy atom. The minimum atomic E-state index is -0.833. The van der Waals surface area contributed by atoms with Gasteiger partial charge in [-0.05, 0) is 42.5 Å². The summed E-state index contributed by atoms with van der Waals surface area (Å²) in [4.78, 5) is 21.1. The number of aliphatic carboxylic acids is 1. The van der Waals surface area contributed by atoms with Gasteiger partial charge in [0.2, 0.25) is 5.91 Å². The van der Waals surface area contributed by atoms with Crippen LogP contribution in [0.15, 0.2) is 24.3 Å². The second-order valence-corrected chi connectivity index (χ2v) is 6.23. The Labute approximate surface area is 158 Å². The van der Waals surface area contributed by atoms with E-state index < -0.39 is 5.97 Å². The molecule has 0 spiro atoms. The Kier molecular flexibility index (Phi) is 7.81. The Balaban J connectivity index is 0.000000596. The third-order valence-electron chi connectivity index (χ3n) is 4.02. The summed E-state index contributed by atoms with van der Waals surface area (Å²) in [5.41, 5.74) is 9.83. The van der Waals surface area contributed by atoms with Gasteiger partial charge in [-0.1, -0.05) is 12.1 Å². The number of carboxylic acids is 1. The highest BCUT2D eigenvalue weighted by Crippen LogP contribution is 2.22. The van der Waals surface area contributed by atoms with Gasteiger partial charge in [-0.3, -0.25) is 14.7 Å². The zero-order valence-electron chi connectivity index (χ0n) is 15.5. The second-order valence-electron chi connectivity index (χ2n) is 6.23. The molecule has 0 saturated heterocycles. The number of aromatic amines is 1. The van der Waals surface area contributed by atoms with E-state index in [0.29, 0.717) is 26.1 Å². The molecule has 2 aromatic rings. The Morgan fingerprint density at radius 3 is 2.67 bits per heavy atom. The average molecular weight is 374 g/mol. The predicted octanol–water partition coefficient (Wildman–Crippen LogP) is 1.19. The molecule has 0 fully saturated rings. The van der Waals surface area contributed by atoms with Gasteiger partial charge in [0.15, 0.2) is 0 Å². The molecule has 0 bridgehead atoms. The average Bonchev–Trinajstić information content (AvgIpc) is 3.23. The molecule has 1 aliphatic carbocycles. The summed E-state index contributed by atoms with van der Waals surface area (Å²) in [6.45, 7) is 2.55. The van der Waals surface area contributed by atoms with Crippen molar-refractivity contribution in [1.82, 2.24) is 15.5 Å². The lowest BCUT2D eigenvalue weighted by Gasteiger charge is -2.07. The van der Waals surface area contributed by atoms with E-state index in [1.54, 1.807) is 0 Å². The maximum Gasteiger partial charge on any atom is 0.300 e. The fourth-order valence-electron chi connectivity index (χ4n) is 2.84. The molecule has 146 valence electrons. The van der Waals surface area contributed by atoms with Crippen molar-refractivity contribution >= 4 is 11.9 Å². The van der Waals surface area contributed by atoms with Gasteiger partial charge in [0.1, 0.15) is 12.4 Å². The number of H-pyrrole nitrogens is 1. The van der Waals surface area contributed by atoms with Crippen molar-refractivity contribution in [2.45, 2.75) is 39.2 Å². The van der Waals surface area contributed by atoms with Gasteiger partial charge < -0.3 is 20.9 Å². The monoisotopic (exact) mass is 374 g/mol. The Morgan fingerprint density at radius 1 is 1.30 bits per heavy atom. The zero-order chi connectivity index (χ0) is 19.6. The van der Waals surface area contributed by atoms with Crippen molar-refractivity contribution in [2.24, 2.45) is 5.73 Å². The van der Waals surface area contributed by atoms with E-state index >= 15 is 0 Å². The first-order chi connectivity index (χ1) is 13.0. The van der Waals surface area contributed by atoms with Crippen LogP contribution in [-0.2, 0) is 35.4 Å². The number of carbonyl (C=O) groups is 2. The van der Waals surface area contributed by atoms with Crippen LogP contribution in [0.3, 0.4) is 0 Å². The highest BCUT2D eigenvalue weighted by atomic mass is 16.5.